The molecule has 3 aromatic carbocycles. The molecule has 1 saturated heterocycles. The Hall–Kier alpha value is -3.78. The Balaban J connectivity index is 1.45. The second kappa shape index (κ2) is 10.0. The fourth-order valence-electron chi connectivity index (χ4n) is 3.85. The molecule has 0 spiro atoms. The summed E-state index contributed by atoms with van der Waals surface area (Å²) in [5, 5.41) is 5.58. The van der Waals surface area contributed by atoms with Gasteiger partial charge in [0.2, 0.25) is 5.91 Å². The molecule has 1 aliphatic heterocycles. The van der Waals surface area contributed by atoms with E-state index in [1.165, 1.54) is 11.8 Å². The van der Waals surface area contributed by atoms with Crippen LogP contribution in [-0.2, 0) is 16.0 Å². The zero-order valence-corrected chi connectivity index (χ0v) is 19.7. The number of amides is 4. The van der Waals surface area contributed by atoms with E-state index in [9.17, 15) is 14.4 Å². The molecule has 8 heteroatoms. The van der Waals surface area contributed by atoms with Crippen molar-refractivity contribution in [3.63, 3.8) is 0 Å². The van der Waals surface area contributed by atoms with Gasteiger partial charge in [-0.2, -0.15) is 0 Å². The molecule has 1 atom stereocenters. The maximum absolute atomic E-state index is 13.2. The van der Waals surface area contributed by atoms with Gasteiger partial charge in [-0.1, -0.05) is 60.3 Å². The molecule has 1 unspecified atom stereocenters. The van der Waals surface area contributed by atoms with Gasteiger partial charge in [0.15, 0.2) is 0 Å². The van der Waals surface area contributed by atoms with Crippen molar-refractivity contribution in [2.45, 2.75) is 28.7 Å². The summed E-state index contributed by atoms with van der Waals surface area (Å²) in [5.41, 5.74) is 0.233. The third kappa shape index (κ3) is 5.07. The summed E-state index contributed by atoms with van der Waals surface area (Å²) in [6.07, 6.45) is 0.246. The van der Waals surface area contributed by atoms with Crippen LogP contribution in [0.4, 0.5) is 10.5 Å². The molecule has 7 nitrogen and oxygen atoms in total. The highest BCUT2D eigenvalue weighted by molar-refractivity contribution is 7.99. The van der Waals surface area contributed by atoms with Gasteiger partial charge in [0.1, 0.15) is 17.8 Å². The van der Waals surface area contributed by atoms with Crippen LogP contribution in [-0.4, -0.2) is 41.9 Å². The smallest absolute Gasteiger partial charge is 0.325 e. The number of hydrogen-bond donors (Lipinski definition) is 2. The van der Waals surface area contributed by atoms with Crippen molar-refractivity contribution < 1.29 is 19.1 Å². The molecule has 1 heterocycles. The van der Waals surface area contributed by atoms with Crippen LogP contribution in [0.1, 0.15) is 12.5 Å². The molecule has 1 aliphatic rings. The Kier molecular flexibility index (Phi) is 6.88. The summed E-state index contributed by atoms with van der Waals surface area (Å²) >= 11 is 1.52. The van der Waals surface area contributed by atoms with Gasteiger partial charge >= 0.3 is 6.03 Å². The van der Waals surface area contributed by atoms with Crippen LogP contribution < -0.4 is 15.4 Å². The van der Waals surface area contributed by atoms with Crippen LogP contribution in [0, 0.1) is 0 Å². The number of anilines is 1. The van der Waals surface area contributed by atoms with Crippen LogP contribution in [0.15, 0.2) is 88.7 Å². The third-order valence-electron chi connectivity index (χ3n) is 5.52. The summed E-state index contributed by atoms with van der Waals surface area (Å²) in [4.78, 5) is 41.4. The molecular formula is C26H25N3O4S. The summed E-state index contributed by atoms with van der Waals surface area (Å²) in [6, 6.07) is 24.0. The van der Waals surface area contributed by atoms with E-state index in [1.54, 1.807) is 26.2 Å². The number of imide groups is 1. The number of ether oxygens (including phenoxy) is 1. The summed E-state index contributed by atoms with van der Waals surface area (Å²) < 4.78 is 5.37. The number of carbonyl (C=O) groups is 3. The third-order valence-corrected chi connectivity index (χ3v) is 6.60. The van der Waals surface area contributed by atoms with Gasteiger partial charge in [-0.25, -0.2) is 4.79 Å². The van der Waals surface area contributed by atoms with Crippen LogP contribution >= 0.6 is 11.8 Å². The number of nitrogens with zero attached hydrogens (tertiary/aromatic N) is 1. The molecule has 3 aromatic rings. The number of urea groups is 1. The molecular weight excluding hydrogens is 450 g/mol. The van der Waals surface area contributed by atoms with E-state index >= 15 is 0 Å². The molecule has 0 aliphatic carbocycles. The molecule has 0 saturated carbocycles. The molecule has 4 rings (SSSR count). The zero-order chi connectivity index (χ0) is 24.1. The number of para-hydroxylation sites is 2. The first-order chi connectivity index (χ1) is 16.4. The Morgan fingerprint density at radius 2 is 1.68 bits per heavy atom. The standard InChI is InChI=1S/C26H25N3O4S/c1-26(16-18-10-6-8-14-21(18)33-2)24(31)29(25(32)28-26)17-23(30)27-20-13-7-9-15-22(20)34-19-11-4-3-5-12-19/h3-15H,16-17H2,1-2H3,(H,27,30)(H,28,32). The highest BCUT2D eigenvalue weighted by atomic mass is 32.2. The molecule has 0 radical (unpaired) electrons. The fourth-order valence-corrected chi connectivity index (χ4v) is 4.77. The van der Waals surface area contributed by atoms with Crippen LogP contribution in [0.3, 0.4) is 0 Å². The summed E-state index contributed by atoms with van der Waals surface area (Å²) in [6.45, 7) is 1.28. The van der Waals surface area contributed by atoms with Crippen molar-refractivity contribution in [3.8, 4) is 5.75 Å². The van der Waals surface area contributed by atoms with Crippen molar-refractivity contribution in [1.29, 1.82) is 0 Å². The molecule has 34 heavy (non-hydrogen) atoms. The van der Waals surface area contributed by atoms with E-state index < -0.39 is 23.4 Å². The fraction of sp³-hybridized carbons (Fsp3) is 0.192. The predicted octanol–water partition coefficient (Wildman–Crippen LogP) is 4.34. The SMILES string of the molecule is COc1ccccc1CC1(C)NC(=O)N(CC(=O)Nc2ccccc2Sc2ccccc2)C1=O. The number of carbonyl (C=O) groups excluding carboxylic acids is 3. The highest BCUT2D eigenvalue weighted by Gasteiger charge is 2.48. The van der Waals surface area contributed by atoms with Crippen molar-refractivity contribution in [1.82, 2.24) is 10.2 Å². The largest absolute Gasteiger partial charge is 0.496 e. The molecule has 174 valence electrons. The average Bonchev–Trinajstić information content (AvgIpc) is 3.04. The van der Waals surface area contributed by atoms with E-state index in [0.717, 1.165) is 20.3 Å². The highest BCUT2D eigenvalue weighted by Crippen LogP contribution is 2.33. The van der Waals surface area contributed by atoms with Crippen molar-refractivity contribution in [2.75, 3.05) is 19.0 Å². The Morgan fingerprint density at radius 1 is 1.00 bits per heavy atom. The van der Waals surface area contributed by atoms with E-state index in [0.29, 0.717) is 11.4 Å². The normalized spacial score (nSPS) is 17.4. The van der Waals surface area contributed by atoms with E-state index in [1.807, 2.05) is 66.7 Å². The lowest BCUT2D eigenvalue weighted by Crippen LogP contribution is -2.46. The van der Waals surface area contributed by atoms with Crippen molar-refractivity contribution in [2.24, 2.45) is 0 Å². The van der Waals surface area contributed by atoms with E-state index in [-0.39, 0.29) is 13.0 Å². The maximum atomic E-state index is 13.2. The first kappa shape index (κ1) is 23.4. The monoisotopic (exact) mass is 475 g/mol. The van der Waals surface area contributed by atoms with Crippen LogP contribution in [0.2, 0.25) is 0 Å². The lowest BCUT2D eigenvalue weighted by Gasteiger charge is -2.22. The molecule has 1 fully saturated rings. The Labute approximate surface area is 202 Å². The number of methoxy groups -OCH3 is 1. The summed E-state index contributed by atoms with van der Waals surface area (Å²) in [7, 11) is 1.56. The minimum Gasteiger partial charge on any atom is -0.496 e. The second-order valence-electron chi connectivity index (χ2n) is 8.10. The molecule has 4 amide bonds. The maximum Gasteiger partial charge on any atom is 0.325 e. The number of rotatable bonds is 8. The van der Waals surface area contributed by atoms with Crippen molar-refractivity contribution in [3.05, 3.63) is 84.4 Å². The minimum absolute atomic E-state index is 0.246. The molecule has 0 bridgehead atoms. The van der Waals surface area contributed by atoms with Crippen LogP contribution in [0.25, 0.3) is 0 Å². The van der Waals surface area contributed by atoms with E-state index in [4.69, 9.17) is 4.74 Å². The average molecular weight is 476 g/mol. The predicted molar refractivity (Wildman–Crippen MR) is 131 cm³/mol. The van der Waals surface area contributed by atoms with Gasteiger partial charge in [-0.05, 0) is 42.8 Å². The molecule has 0 aromatic heterocycles. The Bertz CT molecular complexity index is 1220. The zero-order valence-electron chi connectivity index (χ0n) is 18.9. The first-order valence-electron chi connectivity index (χ1n) is 10.8. The van der Waals surface area contributed by atoms with Crippen molar-refractivity contribution >= 4 is 35.3 Å². The van der Waals surface area contributed by atoms with Crippen LogP contribution in [0.5, 0.6) is 5.75 Å². The minimum atomic E-state index is -1.17. The Morgan fingerprint density at radius 3 is 2.44 bits per heavy atom. The number of nitrogens with one attached hydrogen (secondary N) is 2. The van der Waals surface area contributed by atoms with Gasteiger partial charge in [-0.3, -0.25) is 14.5 Å². The summed E-state index contributed by atoms with van der Waals surface area (Å²) in [5.74, 6) is -0.272. The topological polar surface area (TPSA) is 87.7 Å². The van der Waals surface area contributed by atoms with Gasteiger partial charge < -0.3 is 15.4 Å². The molecule has 2 N–H and O–H groups in total. The van der Waals surface area contributed by atoms with Gasteiger partial charge in [0.25, 0.3) is 5.91 Å². The quantitative estimate of drug-likeness (QED) is 0.474. The number of hydrogen-bond acceptors (Lipinski definition) is 5. The lowest BCUT2D eigenvalue weighted by atomic mass is 9.92. The van der Waals surface area contributed by atoms with Gasteiger partial charge in [0.05, 0.1) is 12.8 Å². The van der Waals surface area contributed by atoms with Gasteiger partial charge in [0, 0.05) is 16.2 Å². The lowest BCUT2D eigenvalue weighted by molar-refractivity contribution is -0.133. The van der Waals surface area contributed by atoms with E-state index in [2.05, 4.69) is 10.6 Å². The van der Waals surface area contributed by atoms with Gasteiger partial charge in [-0.15, -0.1) is 0 Å². The number of benzene rings is 3. The first-order valence-corrected chi connectivity index (χ1v) is 11.6. The second-order valence-corrected chi connectivity index (χ2v) is 9.22.